The van der Waals surface area contributed by atoms with E-state index in [1.807, 2.05) is 26.0 Å². The molecule has 0 radical (unpaired) electrons. The normalized spacial score (nSPS) is 13.1. The number of furan rings is 1. The summed E-state index contributed by atoms with van der Waals surface area (Å²) in [4.78, 5) is 5.20. The molecule has 0 atom stereocenters. The topological polar surface area (TPSA) is 24.6 Å². The molecule has 0 fully saturated rings. The Balaban J connectivity index is 0.00000256. The maximum Gasteiger partial charge on any atom is 0.252 e. The van der Waals surface area contributed by atoms with Crippen molar-refractivity contribution in [2.75, 3.05) is 9.80 Å². The maximum absolute atomic E-state index is 6.22. The lowest BCUT2D eigenvalue weighted by Gasteiger charge is -2.46. The van der Waals surface area contributed by atoms with Crippen molar-refractivity contribution in [1.82, 2.24) is 4.57 Å². The Morgan fingerprint density at radius 3 is 1.75 bits per heavy atom. The van der Waals surface area contributed by atoms with Crippen molar-refractivity contribution in [3.63, 3.8) is 0 Å². The molecule has 0 saturated heterocycles. The summed E-state index contributed by atoms with van der Waals surface area (Å²) in [5, 5.41) is 4.80. The van der Waals surface area contributed by atoms with Gasteiger partial charge >= 0.3 is 0 Å². The predicted octanol–water partition coefficient (Wildman–Crippen LogP) is 16.7. The Labute approximate surface area is 418 Å². The van der Waals surface area contributed by atoms with Crippen molar-refractivity contribution in [2.24, 2.45) is 0 Å². The molecule has 0 saturated carbocycles. The number of nitrogens with zero attached hydrogens (tertiary/aromatic N) is 3. The molecular formula is C66H60BN3O. The van der Waals surface area contributed by atoms with Crippen LogP contribution in [0.4, 0.5) is 34.1 Å². The van der Waals surface area contributed by atoms with Crippen molar-refractivity contribution < 1.29 is 4.42 Å². The number of aryl methyl sites for hydroxylation is 2. The van der Waals surface area contributed by atoms with Crippen molar-refractivity contribution >= 4 is 101 Å². The van der Waals surface area contributed by atoms with Crippen LogP contribution in [-0.4, -0.2) is 11.3 Å². The number of hydrogen-bond donors (Lipinski definition) is 0. The summed E-state index contributed by atoms with van der Waals surface area (Å²) in [7, 11) is 0. The summed E-state index contributed by atoms with van der Waals surface area (Å²) < 4.78 is 8.69. The molecule has 0 aliphatic carbocycles. The van der Waals surface area contributed by atoms with Crippen LogP contribution in [-0.2, 0) is 10.8 Å². The second-order valence-electron chi connectivity index (χ2n) is 21.5. The molecule has 0 amide bonds. The van der Waals surface area contributed by atoms with Crippen molar-refractivity contribution in [3.8, 4) is 16.8 Å². The van der Waals surface area contributed by atoms with Gasteiger partial charge in [0.05, 0.1) is 16.7 Å². The zero-order valence-corrected chi connectivity index (χ0v) is 42.6. The smallest absolute Gasteiger partial charge is 0.252 e. The Morgan fingerprint density at radius 2 is 1.03 bits per heavy atom. The molecule has 4 heterocycles. The zero-order valence-electron chi connectivity index (χ0n) is 42.6. The first kappa shape index (κ1) is 44.5. The van der Waals surface area contributed by atoms with Gasteiger partial charge in [0, 0.05) is 55.7 Å². The second-order valence-corrected chi connectivity index (χ2v) is 21.5. The number of aromatic nitrogens is 1. The van der Waals surface area contributed by atoms with E-state index >= 15 is 0 Å². The lowest BCUT2D eigenvalue weighted by atomic mass is 9.33. The highest BCUT2D eigenvalue weighted by Gasteiger charge is 2.45. The fourth-order valence-electron chi connectivity index (χ4n) is 11.6. The van der Waals surface area contributed by atoms with Gasteiger partial charge in [0.1, 0.15) is 11.2 Å². The minimum absolute atomic E-state index is 0.0350. The average Bonchev–Trinajstić information content (AvgIpc) is 3.91. The highest BCUT2D eigenvalue weighted by molar-refractivity contribution is 7.00. The Bertz CT molecular complexity index is 3880. The lowest BCUT2D eigenvalue weighted by molar-refractivity contribution is 0.590. The number of anilines is 6. The molecule has 71 heavy (non-hydrogen) atoms. The Morgan fingerprint density at radius 1 is 0.408 bits per heavy atom. The molecule has 4 nitrogen and oxygen atoms in total. The van der Waals surface area contributed by atoms with Crippen LogP contribution >= 0.6 is 0 Å². The summed E-state index contributed by atoms with van der Waals surface area (Å²) >= 11 is 0. The van der Waals surface area contributed by atoms with E-state index in [2.05, 4.69) is 240 Å². The van der Waals surface area contributed by atoms with Gasteiger partial charge in [0.2, 0.25) is 0 Å². The largest absolute Gasteiger partial charge is 0.456 e. The minimum atomic E-state index is -0.140. The van der Waals surface area contributed by atoms with Crippen molar-refractivity contribution in [1.29, 1.82) is 0 Å². The lowest BCUT2D eigenvalue weighted by Crippen LogP contribution is -2.61. The molecular weight excluding hydrogens is 862 g/mol. The van der Waals surface area contributed by atoms with E-state index in [9.17, 15) is 0 Å². The average molecular weight is 922 g/mol. The first-order chi connectivity index (χ1) is 34.3. The summed E-state index contributed by atoms with van der Waals surface area (Å²) in [6.07, 6.45) is 0. The van der Waals surface area contributed by atoms with E-state index in [0.717, 1.165) is 33.3 Å². The molecule has 2 aromatic heterocycles. The standard InChI is InChI=1S/C64H54BN3O.C2H6/c1-39-17-16-18-40(2)62(39)68-56-38-55-49(47-21-12-14-23-53(47)66(55)45-19-10-9-11-20-45)37-52(56)65-51-34-43(63(3,4)5)28-31-54(51)67(57-35-44(64(6,7)8)36-58(68)61(57)65)46-29-25-41(26-30-46)42-27-32-60-50(33-42)48-22-13-15-24-59(48)69-60;1-2/h9-38H,1-8H3;1-2H3. The van der Waals surface area contributed by atoms with Gasteiger partial charge in [-0.05, 0) is 147 Å². The van der Waals surface area contributed by atoms with Crippen LogP contribution in [0.3, 0.4) is 0 Å². The van der Waals surface area contributed by atoms with E-state index in [4.69, 9.17) is 4.42 Å². The zero-order chi connectivity index (χ0) is 49.1. The van der Waals surface area contributed by atoms with Gasteiger partial charge in [-0.3, -0.25) is 0 Å². The van der Waals surface area contributed by atoms with Gasteiger partial charge in [0.25, 0.3) is 6.71 Å². The molecule has 2 aliphatic rings. The van der Waals surface area contributed by atoms with Crippen LogP contribution in [0.5, 0.6) is 0 Å². The third-order valence-electron chi connectivity index (χ3n) is 15.1. The highest BCUT2D eigenvalue weighted by Crippen LogP contribution is 2.49. The molecule has 348 valence electrons. The minimum Gasteiger partial charge on any atom is -0.456 e. The number of fused-ring (bicyclic) bond motifs is 10. The Hall–Kier alpha value is -7.76. The maximum atomic E-state index is 6.22. The second kappa shape index (κ2) is 16.4. The molecule has 11 aromatic rings. The van der Waals surface area contributed by atoms with Crippen LogP contribution in [0, 0.1) is 13.8 Å². The quantitative estimate of drug-likeness (QED) is 0.164. The summed E-state index contributed by atoms with van der Waals surface area (Å²) in [5.74, 6) is 0. The Kier molecular flexibility index (Phi) is 10.3. The van der Waals surface area contributed by atoms with Crippen LogP contribution < -0.4 is 26.2 Å². The summed E-state index contributed by atoms with van der Waals surface area (Å²) in [5.41, 5.74) is 23.9. The van der Waals surface area contributed by atoms with Crippen LogP contribution in [0.2, 0.25) is 0 Å². The molecule has 0 spiro atoms. The van der Waals surface area contributed by atoms with Gasteiger partial charge in [-0.2, -0.15) is 0 Å². The predicted molar refractivity (Wildman–Crippen MR) is 306 cm³/mol. The van der Waals surface area contributed by atoms with E-state index in [1.165, 1.54) is 100 Å². The van der Waals surface area contributed by atoms with E-state index < -0.39 is 0 Å². The molecule has 2 aliphatic heterocycles. The molecule has 0 N–H and O–H groups in total. The number of hydrogen-bond acceptors (Lipinski definition) is 3. The fourth-order valence-corrected chi connectivity index (χ4v) is 11.6. The van der Waals surface area contributed by atoms with Gasteiger partial charge in [-0.1, -0.05) is 165 Å². The number of rotatable bonds is 4. The van der Waals surface area contributed by atoms with Crippen molar-refractivity contribution in [2.45, 2.75) is 80.1 Å². The van der Waals surface area contributed by atoms with Gasteiger partial charge < -0.3 is 18.8 Å². The third-order valence-corrected chi connectivity index (χ3v) is 15.1. The van der Waals surface area contributed by atoms with Gasteiger partial charge in [-0.15, -0.1) is 0 Å². The van der Waals surface area contributed by atoms with Gasteiger partial charge in [0.15, 0.2) is 0 Å². The van der Waals surface area contributed by atoms with Crippen molar-refractivity contribution in [3.05, 3.63) is 204 Å². The van der Waals surface area contributed by atoms with E-state index in [0.29, 0.717) is 0 Å². The fraction of sp³-hybridized carbons (Fsp3) is 0.182. The summed E-state index contributed by atoms with van der Waals surface area (Å²) in [6.45, 7) is 22.6. The monoisotopic (exact) mass is 921 g/mol. The number of para-hydroxylation sites is 4. The molecule has 0 unspecified atom stereocenters. The van der Waals surface area contributed by atoms with E-state index in [-0.39, 0.29) is 17.5 Å². The molecule has 9 aromatic carbocycles. The molecule has 5 heteroatoms. The van der Waals surface area contributed by atoms with Crippen LogP contribution in [0.15, 0.2) is 186 Å². The first-order valence-electron chi connectivity index (χ1n) is 25.5. The van der Waals surface area contributed by atoms with Crippen LogP contribution in [0.1, 0.15) is 77.6 Å². The van der Waals surface area contributed by atoms with Crippen LogP contribution in [0.25, 0.3) is 60.6 Å². The van der Waals surface area contributed by atoms with Gasteiger partial charge in [-0.25, -0.2) is 0 Å². The third kappa shape index (κ3) is 6.95. The highest BCUT2D eigenvalue weighted by atomic mass is 16.3. The number of benzene rings is 9. The summed E-state index contributed by atoms with van der Waals surface area (Å²) in [6, 6.07) is 68.1. The molecule has 0 bridgehead atoms. The molecule has 13 rings (SSSR count). The first-order valence-corrected chi connectivity index (χ1v) is 25.5. The van der Waals surface area contributed by atoms with E-state index in [1.54, 1.807) is 0 Å². The SMILES string of the molecule is CC.Cc1cccc(C)c1N1c2cc3c(cc2B2c4cc(C(C)(C)C)ccc4N(c4ccc(-c5ccc6oc7ccccc7c6c5)cc4)c4cc(C(C)(C)C)cc1c42)c1ccccc1n3-c1ccccc1.